The quantitative estimate of drug-likeness (QED) is 0.362. The minimum atomic E-state index is -0.577. The Bertz CT molecular complexity index is 1470. The van der Waals surface area contributed by atoms with Crippen molar-refractivity contribution in [2.45, 2.75) is 26.3 Å². The second-order valence-electron chi connectivity index (χ2n) is 9.30. The lowest BCUT2D eigenvalue weighted by Gasteiger charge is -2.45. The molecule has 1 saturated heterocycles. The molecule has 36 heavy (non-hydrogen) atoms. The predicted octanol–water partition coefficient (Wildman–Crippen LogP) is 1.90. The number of fused-ring (bicyclic) bond motifs is 1. The van der Waals surface area contributed by atoms with E-state index in [0.29, 0.717) is 58.8 Å². The third-order valence-corrected chi connectivity index (χ3v) is 6.39. The number of carbonyl (C=O) groups is 1. The highest BCUT2D eigenvalue weighted by atomic mass is 16.4. The fourth-order valence-electron chi connectivity index (χ4n) is 4.46. The highest BCUT2D eigenvalue weighted by molar-refractivity contribution is 6.02. The molecule has 4 aromatic heterocycles. The van der Waals surface area contributed by atoms with Gasteiger partial charge in [0, 0.05) is 37.8 Å². The zero-order chi connectivity index (χ0) is 25.4. The molecule has 0 aliphatic carbocycles. The van der Waals surface area contributed by atoms with Crippen molar-refractivity contribution in [2.75, 3.05) is 35.7 Å². The van der Waals surface area contributed by atoms with Gasteiger partial charge in [0.2, 0.25) is 5.95 Å². The molecule has 5 heterocycles. The van der Waals surface area contributed by atoms with Crippen molar-refractivity contribution in [3.05, 3.63) is 42.0 Å². The van der Waals surface area contributed by atoms with Gasteiger partial charge in [0.25, 0.3) is 11.8 Å². The minimum Gasteiger partial charge on any atom is -0.403 e. The van der Waals surface area contributed by atoms with E-state index >= 15 is 0 Å². The number of nitrogens with two attached hydrogens (primary N) is 1. The van der Waals surface area contributed by atoms with E-state index in [1.165, 1.54) is 18.6 Å². The van der Waals surface area contributed by atoms with E-state index in [9.17, 15) is 4.79 Å². The Hall–Kier alpha value is -4.73. The van der Waals surface area contributed by atoms with Crippen molar-refractivity contribution in [1.29, 1.82) is 5.26 Å². The molecular formula is C23H25N11O2. The first-order valence-corrected chi connectivity index (χ1v) is 11.4. The number of piperidine rings is 1. The highest BCUT2D eigenvalue weighted by Crippen LogP contribution is 2.36. The Morgan fingerprint density at radius 2 is 2.06 bits per heavy atom. The van der Waals surface area contributed by atoms with Gasteiger partial charge >= 0.3 is 6.01 Å². The van der Waals surface area contributed by atoms with Gasteiger partial charge in [-0.25, -0.2) is 14.5 Å². The number of hydrogen-bond donors (Lipinski definition) is 3. The summed E-state index contributed by atoms with van der Waals surface area (Å²) in [6, 6.07) is 4.18. The summed E-state index contributed by atoms with van der Waals surface area (Å²) < 4.78 is 7.25. The van der Waals surface area contributed by atoms with Crippen LogP contribution in [0, 0.1) is 16.7 Å². The summed E-state index contributed by atoms with van der Waals surface area (Å²) in [6.45, 7) is 5.65. The van der Waals surface area contributed by atoms with Crippen LogP contribution in [0.2, 0.25) is 0 Å². The Morgan fingerprint density at radius 1 is 1.28 bits per heavy atom. The largest absolute Gasteiger partial charge is 0.403 e. The first kappa shape index (κ1) is 23.0. The molecule has 1 atom stereocenters. The van der Waals surface area contributed by atoms with Crippen molar-refractivity contribution in [2.24, 2.45) is 11.1 Å². The summed E-state index contributed by atoms with van der Waals surface area (Å²) in [5, 5.41) is 27.7. The molecule has 4 N–H and O–H groups in total. The molecule has 13 nitrogen and oxygen atoms in total. The summed E-state index contributed by atoms with van der Waals surface area (Å²) in [7, 11) is 1.69. The number of aromatic nitrogens is 6. The summed E-state index contributed by atoms with van der Waals surface area (Å²) in [6.07, 6.45) is 7.03. The maximum atomic E-state index is 12.3. The third kappa shape index (κ3) is 4.13. The molecule has 0 unspecified atom stereocenters. The summed E-state index contributed by atoms with van der Waals surface area (Å²) in [4.78, 5) is 23.1. The van der Waals surface area contributed by atoms with Gasteiger partial charge in [0.1, 0.15) is 6.07 Å². The van der Waals surface area contributed by atoms with E-state index < -0.39 is 5.91 Å². The van der Waals surface area contributed by atoms with Crippen LogP contribution in [0.5, 0.6) is 0 Å². The Balaban J connectivity index is 1.45. The monoisotopic (exact) mass is 487 g/mol. The van der Waals surface area contributed by atoms with Crippen LogP contribution in [0.3, 0.4) is 0 Å². The maximum absolute atomic E-state index is 12.3. The van der Waals surface area contributed by atoms with Gasteiger partial charge in [0.05, 0.1) is 46.5 Å². The number of hydrogen-bond acceptors (Lipinski definition) is 11. The van der Waals surface area contributed by atoms with E-state index in [1.807, 2.05) is 12.1 Å². The topological polar surface area (TPSA) is 176 Å². The number of anilines is 3. The standard InChI is InChI=1S/C23H25N11O2/c1-23(2)12-33(21-27-8-13(7-24)9-28-21)5-4-17(23)30-18-15(19(25)35)10-29-34-11-14(6-16(18)34)20-31-32-22(26-3)36-20/h6,8-11,17,30H,4-5,12H2,1-3H3,(H2,25,35)(H,26,32)/t17-/m1/s1. The smallest absolute Gasteiger partial charge is 0.315 e. The lowest BCUT2D eigenvalue weighted by Crippen LogP contribution is -2.52. The van der Waals surface area contributed by atoms with E-state index in [-0.39, 0.29) is 11.5 Å². The predicted molar refractivity (Wildman–Crippen MR) is 131 cm³/mol. The van der Waals surface area contributed by atoms with Crippen molar-refractivity contribution in [3.63, 3.8) is 0 Å². The van der Waals surface area contributed by atoms with E-state index in [2.05, 4.69) is 54.6 Å². The lowest BCUT2D eigenvalue weighted by molar-refractivity contribution is 0.100. The van der Waals surface area contributed by atoms with Crippen LogP contribution >= 0.6 is 0 Å². The van der Waals surface area contributed by atoms with Crippen LogP contribution < -0.4 is 21.3 Å². The van der Waals surface area contributed by atoms with Gasteiger partial charge in [-0.15, -0.1) is 5.10 Å². The molecule has 1 amide bonds. The number of primary amides is 1. The van der Waals surface area contributed by atoms with Crippen LogP contribution in [0.25, 0.3) is 17.0 Å². The van der Waals surface area contributed by atoms with Crippen LogP contribution in [-0.4, -0.2) is 61.9 Å². The molecule has 1 aliphatic rings. The number of amides is 1. The van der Waals surface area contributed by atoms with E-state index in [1.54, 1.807) is 17.8 Å². The number of carbonyl (C=O) groups excluding carboxylic acids is 1. The SMILES string of the molecule is CNc1nnc(-c2cc3c(N[C@@H]4CCN(c5ncc(C#N)cn5)CC4(C)C)c(C(N)=O)cnn3c2)o1. The highest BCUT2D eigenvalue weighted by Gasteiger charge is 2.37. The molecule has 0 bridgehead atoms. The first-order chi connectivity index (χ1) is 17.3. The molecule has 5 rings (SSSR count). The number of nitrogens with zero attached hydrogens (tertiary/aromatic N) is 8. The van der Waals surface area contributed by atoms with Gasteiger partial charge < -0.3 is 25.7 Å². The Morgan fingerprint density at radius 3 is 2.69 bits per heavy atom. The zero-order valence-electron chi connectivity index (χ0n) is 20.1. The van der Waals surface area contributed by atoms with Crippen molar-refractivity contribution in [1.82, 2.24) is 29.8 Å². The van der Waals surface area contributed by atoms with Gasteiger partial charge in [-0.05, 0) is 12.5 Å². The van der Waals surface area contributed by atoms with Crippen LogP contribution in [-0.2, 0) is 0 Å². The van der Waals surface area contributed by atoms with Crippen LogP contribution in [0.15, 0.2) is 35.3 Å². The normalized spacial score (nSPS) is 17.1. The molecule has 0 radical (unpaired) electrons. The number of rotatable bonds is 6. The minimum absolute atomic E-state index is 0.00841. The molecule has 0 spiro atoms. The van der Waals surface area contributed by atoms with Gasteiger partial charge in [-0.3, -0.25) is 4.79 Å². The van der Waals surface area contributed by atoms with Gasteiger partial charge in [-0.1, -0.05) is 18.9 Å². The summed E-state index contributed by atoms with van der Waals surface area (Å²) >= 11 is 0. The third-order valence-electron chi connectivity index (χ3n) is 6.39. The summed E-state index contributed by atoms with van der Waals surface area (Å²) in [5.74, 6) is 0.334. The van der Waals surface area contributed by atoms with Crippen LogP contribution in [0.1, 0.15) is 36.2 Å². The second kappa shape index (κ2) is 8.81. The molecular weight excluding hydrogens is 462 g/mol. The van der Waals surface area contributed by atoms with E-state index in [4.69, 9.17) is 15.4 Å². The van der Waals surface area contributed by atoms with Crippen molar-refractivity contribution in [3.8, 4) is 17.5 Å². The van der Waals surface area contributed by atoms with Crippen molar-refractivity contribution < 1.29 is 9.21 Å². The molecule has 13 heteroatoms. The molecule has 184 valence electrons. The second-order valence-corrected chi connectivity index (χ2v) is 9.30. The molecule has 0 saturated carbocycles. The van der Waals surface area contributed by atoms with Crippen molar-refractivity contribution >= 4 is 29.1 Å². The average Bonchev–Trinajstić information content (AvgIpc) is 3.52. The van der Waals surface area contributed by atoms with Gasteiger partial charge in [-0.2, -0.15) is 10.4 Å². The fourth-order valence-corrected chi connectivity index (χ4v) is 4.46. The first-order valence-electron chi connectivity index (χ1n) is 11.4. The Kier molecular flexibility index (Phi) is 5.63. The van der Waals surface area contributed by atoms with Crippen LogP contribution in [0.4, 0.5) is 17.7 Å². The lowest BCUT2D eigenvalue weighted by atomic mass is 9.79. The molecule has 1 aliphatic heterocycles. The molecule has 1 fully saturated rings. The number of nitrogens with one attached hydrogen (secondary N) is 2. The number of nitriles is 1. The fraction of sp³-hybridized carbons (Fsp3) is 0.348. The molecule has 0 aromatic carbocycles. The Labute approximate surface area is 206 Å². The molecule has 4 aromatic rings. The van der Waals surface area contributed by atoms with Gasteiger partial charge in [0.15, 0.2) is 0 Å². The average molecular weight is 488 g/mol. The maximum Gasteiger partial charge on any atom is 0.315 e. The summed E-state index contributed by atoms with van der Waals surface area (Å²) in [5.41, 5.74) is 8.12. The zero-order valence-corrected chi connectivity index (χ0v) is 20.1. The van der Waals surface area contributed by atoms with E-state index in [0.717, 1.165) is 6.42 Å².